The number of nitrogens with two attached hydrogens (primary N) is 1. The van der Waals surface area contributed by atoms with Gasteiger partial charge in [0.05, 0.1) is 6.61 Å². The number of hydrogen-bond donors (Lipinski definition) is 1. The lowest BCUT2D eigenvalue weighted by Gasteiger charge is -2.09. The van der Waals surface area contributed by atoms with Crippen LogP contribution in [0.1, 0.15) is 12.0 Å². The van der Waals surface area contributed by atoms with Crippen LogP contribution in [-0.2, 0) is 6.54 Å². The second-order valence-corrected chi connectivity index (χ2v) is 3.71. The third-order valence-electron chi connectivity index (χ3n) is 2.03. The standard InChI is InChI=1S/C11H19N3O/c1-14(2)6-3-7-15-11-5-4-10(8-12)9-13-11/h4-5,9H,3,6-8,12H2,1-2H3. The van der Waals surface area contributed by atoms with E-state index in [1.807, 2.05) is 26.2 Å². The molecule has 0 atom stereocenters. The van der Waals surface area contributed by atoms with E-state index < -0.39 is 0 Å². The van der Waals surface area contributed by atoms with Crippen LogP contribution in [-0.4, -0.2) is 37.1 Å². The molecule has 0 saturated carbocycles. The van der Waals surface area contributed by atoms with Crippen molar-refractivity contribution in [2.45, 2.75) is 13.0 Å². The van der Waals surface area contributed by atoms with E-state index in [0.29, 0.717) is 19.0 Å². The maximum Gasteiger partial charge on any atom is 0.213 e. The van der Waals surface area contributed by atoms with Crippen LogP contribution in [0.4, 0.5) is 0 Å². The van der Waals surface area contributed by atoms with E-state index in [1.165, 1.54) is 0 Å². The zero-order chi connectivity index (χ0) is 11.1. The van der Waals surface area contributed by atoms with E-state index in [4.69, 9.17) is 10.5 Å². The summed E-state index contributed by atoms with van der Waals surface area (Å²) in [5.41, 5.74) is 6.49. The second-order valence-electron chi connectivity index (χ2n) is 3.71. The molecular weight excluding hydrogens is 190 g/mol. The Hall–Kier alpha value is -1.13. The molecule has 84 valence electrons. The summed E-state index contributed by atoms with van der Waals surface area (Å²) in [4.78, 5) is 6.28. The Morgan fingerprint density at radius 3 is 2.73 bits per heavy atom. The van der Waals surface area contributed by atoms with Gasteiger partial charge in [-0.25, -0.2) is 4.98 Å². The quantitative estimate of drug-likeness (QED) is 0.706. The van der Waals surface area contributed by atoms with Crippen LogP contribution in [0.2, 0.25) is 0 Å². The minimum Gasteiger partial charge on any atom is -0.478 e. The summed E-state index contributed by atoms with van der Waals surface area (Å²) in [5.74, 6) is 0.672. The molecule has 1 heterocycles. The molecule has 0 aliphatic rings. The Morgan fingerprint density at radius 2 is 2.20 bits per heavy atom. The number of pyridine rings is 1. The molecule has 4 heteroatoms. The van der Waals surface area contributed by atoms with Crippen molar-refractivity contribution in [3.8, 4) is 5.88 Å². The summed E-state index contributed by atoms with van der Waals surface area (Å²) in [6.07, 6.45) is 2.76. The van der Waals surface area contributed by atoms with Gasteiger partial charge in [0, 0.05) is 25.4 Å². The number of aromatic nitrogens is 1. The van der Waals surface area contributed by atoms with Crippen LogP contribution in [0.5, 0.6) is 5.88 Å². The van der Waals surface area contributed by atoms with Crippen LogP contribution in [0.15, 0.2) is 18.3 Å². The van der Waals surface area contributed by atoms with E-state index in [1.54, 1.807) is 6.20 Å². The molecule has 2 N–H and O–H groups in total. The molecule has 1 aromatic heterocycles. The number of ether oxygens (including phenoxy) is 1. The highest BCUT2D eigenvalue weighted by Gasteiger charge is 1.96. The highest BCUT2D eigenvalue weighted by Crippen LogP contribution is 2.07. The third-order valence-corrected chi connectivity index (χ3v) is 2.03. The van der Waals surface area contributed by atoms with Gasteiger partial charge in [0.1, 0.15) is 0 Å². The average molecular weight is 209 g/mol. The summed E-state index contributed by atoms with van der Waals surface area (Å²) in [6, 6.07) is 3.80. The fourth-order valence-electron chi connectivity index (χ4n) is 1.17. The zero-order valence-corrected chi connectivity index (χ0v) is 9.44. The zero-order valence-electron chi connectivity index (χ0n) is 9.44. The fraction of sp³-hybridized carbons (Fsp3) is 0.545. The fourth-order valence-corrected chi connectivity index (χ4v) is 1.17. The largest absolute Gasteiger partial charge is 0.478 e. The van der Waals surface area contributed by atoms with Crippen molar-refractivity contribution in [1.82, 2.24) is 9.88 Å². The maximum absolute atomic E-state index is 5.48. The molecule has 0 bridgehead atoms. The van der Waals surface area contributed by atoms with E-state index in [2.05, 4.69) is 9.88 Å². The van der Waals surface area contributed by atoms with Gasteiger partial charge in [0.2, 0.25) is 5.88 Å². The molecule has 0 saturated heterocycles. The van der Waals surface area contributed by atoms with Crippen molar-refractivity contribution in [1.29, 1.82) is 0 Å². The molecule has 1 rings (SSSR count). The number of hydrogen-bond acceptors (Lipinski definition) is 4. The van der Waals surface area contributed by atoms with Crippen molar-refractivity contribution in [3.05, 3.63) is 23.9 Å². The molecule has 0 aliphatic heterocycles. The van der Waals surface area contributed by atoms with Crippen LogP contribution < -0.4 is 10.5 Å². The predicted molar refractivity (Wildman–Crippen MR) is 60.8 cm³/mol. The summed E-state index contributed by atoms with van der Waals surface area (Å²) < 4.78 is 5.48. The molecule has 15 heavy (non-hydrogen) atoms. The summed E-state index contributed by atoms with van der Waals surface area (Å²) in [5, 5.41) is 0. The first kappa shape index (κ1) is 11.9. The van der Waals surface area contributed by atoms with Crippen LogP contribution in [0.25, 0.3) is 0 Å². The number of nitrogens with zero attached hydrogens (tertiary/aromatic N) is 2. The molecule has 0 unspecified atom stereocenters. The van der Waals surface area contributed by atoms with Crippen LogP contribution in [0.3, 0.4) is 0 Å². The first-order valence-electron chi connectivity index (χ1n) is 5.15. The SMILES string of the molecule is CN(C)CCCOc1ccc(CN)cn1. The monoisotopic (exact) mass is 209 g/mol. The Morgan fingerprint density at radius 1 is 1.40 bits per heavy atom. The highest BCUT2D eigenvalue weighted by molar-refractivity contribution is 5.17. The molecule has 0 spiro atoms. The first-order chi connectivity index (χ1) is 7.22. The lowest BCUT2D eigenvalue weighted by molar-refractivity contribution is 0.273. The average Bonchev–Trinajstić information content (AvgIpc) is 2.25. The molecular formula is C11H19N3O. The second kappa shape index (κ2) is 6.37. The van der Waals surface area contributed by atoms with E-state index in [9.17, 15) is 0 Å². The molecule has 0 fully saturated rings. The van der Waals surface area contributed by atoms with Gasteiger partial charge in [0.25, 0.3) is 0 Å². The summed E-state index contributed by atoms with van der Waals surface area (Å²) in [7, 11) is 4.10. The molecule has 0 radical (unpaired) electrons. The highest BCUT2D eigenvalue weighted by atomic mass is 16.5. The van der Waals surface area contributed by atoms with E-state index >= 15 is 0 Å². The maximum atomic E-state index is 5.48. The Bertz CT molecular complexity index is 272. The normalized spacial score (nSPS) is 10.7. The van der Waals surface area contributed by atoms with E-state index in [-0.39, 0.29) is 0 Å². The first-order valence-corrected chi connectivity index (χ1v) is 5.15. The lowest BCUT2D eigenvalue weighted by atomic mass is 10.3. The van der Waals surface area contributed by atoms with E-state index in [0.717, 1.165) is 18.5 Å². The Labute approximate surface area is 91.1 Å². The van der Waals surface area contributed by atoms with Gasteiger partial charge < -0.3 is 15.4 Å². The van der Waals surface area contributed by atoms with Crippen molar-refractivity contribution in [3.63, 3.8) is 0 Å². The summed E-state index contributed by atoms with van der Waals surface area (Å²) >= 11 is 0. The number of rotatable bonds is 6. The van der Waals surface area contributed by atoms with Crippen LogP contribution in [0, 0.1) is 0 Å². The van der Waals surface area contributed by atoms with Gasteiger partial charge in [0.15, 0.2) is 0 Å². The van der Waals surface area contributed by atoms with Crippen molar-refractivity contribution in [2.24, 2.45) is 5.73 Å². The molecule has 0 aromatic carbocycles. The third kappa shape index (κ3) is 4.76. The summed E-state index contributed by atoms with van der Waals surface area (Å²) in [6.45, 7) is 2.25. The van der Waals surface area contributed by atoms with Gasteiger partial charge >= 0.3 is 0 Å². The minimum absolute atomic E-state index is 0.522. The molecule has 0 amide bonds. The van der Waals surface area contributed by atoms with Gasteiger partial charge in [-0.3, -0.25) is 0 Å². The van der Waals surface area contributed by atoms with Crippen LogP contribution >= 0.6 is 0 Å². The van der Waals surface area contributed by atoms with Crippen molar-refractivity contribution in [2.75, 3.05) is 27.2 Å². The Kier molecular flexibility index (Phi) is 5.07. The molecule has 0 aliphatic carbocycles. The van der Waals surface area contributed by atoms with Gasteiger partial charge in [-0.2, -0.15) is 0 Å². The van der Waals surface area contributed by atoms with Crippen molar-refractivity contribution >= 4 is 0 Å². The molecule has 4 nitrogen and oxygen atoms in total. The van der Waals surface area contributed by atoms with Crippen molar-refractivity contribution < 1.29 is 4.74 Å². The predicted octanol–water partition coefficient (Wildman–Crippen LogP) is 0.871. The Balaban J connectivity index is 2.25. The molecule has 1 aromatic rings. The smallest absolute Gasteiger partial charge is 0.213 e. The topological polar surface area (TPSA) is 51.4 Å². The van der Waals surface area contributed by atoms with Gasteiger partial charge in [-0.1, -0.05) is 6.07 Å². The lowest BCUT2D eigenvalue weighted by Crippen LogP contribution is -2.15. The van der Waals surface area contributed by atoms with Gasteiger partial charge in [-0.05, 0) is 26.1 Å². The van der Waals surface area contributed by atoms with Gasteiger partial charge in [-0.15, -0.1) is 0 Å². The minimum atomic E-state index is 0.522.